The van der Waals surface area contributed by atoms with Gasteiger partial charge < -0.3 is 10.1 Å². The molecule has 8 nitrogen and oxygen atoms in total. The van der Waals surface area contributed by atoms with Gasteiger partial charge >= 0.3 is 0 Å². The van der Waals surface area contributed by atoms with Gasteiger partial charge in [0.2, 0.25) is 5.91 Å². The molecule has 4 rings (SSSR count). The zero-order valence-corrected chi connectivity index (χ0v) is 19.1. The van der Waals surface area contributed by atoms with Crippen LogP contribution in [-0.2, 0) is 4.79 Å². The molecule has 168 valence electrons. The number of anilines is 1. The minimum Gasteiger partial charge on any atom is -0.494 e. The summed E-state index contributed by atoms with van der Waals surface area (Å²) in [5, 5.41) is 7.50. The summed E-state index contributed by atoms with van der Waals surface area (Å²) >= 11 is 0. The Labute approximate surface area is 188 Å². The summed E-state index contributed by atoms with van der Waals surface area (Å²) in [7, 11) is 0. The van der Waals surface area contributed by atoms with Crippen molar-refractivity contribution in [3.63, 3.8) is 0 Å². The van der Waals surface area contributed by atoms with Crippen LogP contribution in [0.2, 0.25) is 0 Å². The van der Waals surface area contributed by atoms with Crippen LogP contribution in [0.5, 0.6) is 5.75 Å². The van der Waals surface area contributed by atoms with Crippen molar-refractivity contribution in [3.8, 4) is 11.7 Å². The number of rotatable bonds is 7. The van der Waals surface area contributed by atoms with E-state index in [1.54, 1.807) is 4.68 Å². The van der Waals surface area contributed by atoms with E-state index in [-0.39, 0.29) is 11.9 Å². The number of hydrogen-bond acceptors (Lipinski definition) is 6. The molecular weight excluding hydrogens is 404 g/mol. The number of aromatic nitrogens is 4. The highest BCUT2D eigenvalue weighted by molar-refractivity contribution is 5.91. The molecule has 1 atom stereocenters. The normalized spacial score (nSPS) is 16.3. The number of likely N-dealkylation sites (tertiary alicyclic amines) is 1. The topological polar surface area (TPSA) is 85.2 Å². The van der Waals surface area contributed by atoms with Crippen molar-refractivity contribution in [2.24, 2.45) is 0 Å². The van der Waals surface area contributed by atoms with Crippen LogP contribution in [0.4, 0.5) is 5.82 Å². The first-order valence-electron chi connectivity index (χ1n) is 11.1. The Morgan fingerprint density at radius 3 is 2.50 bits per heavy atom. The lowest BCUT2D eigenvalue weighted by molar-refractivity contribution is -0.117. The van der Waals surface area contributed by atoms with E-state index in [9.17, 15) is 4.79 Å². The second-order valence-corrected chi connectivity index (χ2v) is 8.21. The Morgan fingerprint density at radius 2 is 1.81 bits per heavy atom. The highest BCUT2D eigenvalue weighted by Gasteiger charge is 2.28. The molecule has 1 saturated heterocycles. The van der Waals surface area contributed by atoms with E-state index in [1.807, 2.05) is 52.0 Å². The third-order valence-electron chi connectivity index (χ3n) is 5.55. The molecule has 1 N–H and O–H groups in total. The zero-order valence-electron chi connectivity index (χ0n) is 19.1. The Hall–Kier alpha value is -3.26. The fourth-order valence-corrected chi connectivity index (χ4v) is 4.26. The SMILES string of the molecule is CCOc1ccc(C2CCCN2CC(=O)Nc2cc(C)nn2-c2nc(C)cc(C)n2)cc1. The second-order valence-electron chi connectivity index (χ2n) is 8.21. The first kappa shape index (κ1) is 22.0. The molecular formula is C24H30N6O2. The summed E-state index contributed by atoms with van der Waals surface area (Å²) in [6.45, 7) is 9.56. The van der Waals surface area contributed by atoms with Crippen LogP contribution < -0.4 is 10.1 Å². The van der Waals surface area contributed by atoms with Crippen LogP contribution in [0.25, 0.3) is 5.95 Å². The molecule has 0 saturated carbocycles. The molecule has 32 heavy (non-hydrogen) atoms. The van der Waals surface area contributed by atoms with Crippen molar-refractivity contribution in [1.29, 1.82) is 0 Å². The van der Waals surface area contributed by atoms with Crippen LogP contribution >= 0.6 is 0 Å². The molecule has 1 aromatic carbocycles. The van der Waals surface area contributed by atoms with E-state index in [2.05, 4.69) is 37.4 Å². The van der Waals surface area contributed by atoms with Crippen LogP contribution in [0, 0.1) is 20.8 Å². The van der Waals surface area contributed by atoms with Gasteiger partial charge in [0.05, 0.1) is 18.8 Å². The predicted octanol–water partition coefficient (Wildman–Crippen LogP) is 3.76. The highest BCUT2D eigenvalue weighted by atomic mass is 16.5. The first-order chi connectivity index (χ1) is 15.4. The average molecular weight is 435 g/mol. The molecule has 0 bridgehead atoms. The number of aryl methyl sites for hydroxylation is 3. The fraction of sp³-hybridized carbons (Fsp3) is 0.417. The van der Waals surface area contributed by atoms with E-state index in [0.29, 0.717) is 24.9 Å². The quantitative estimate of drug-likeness (QED) is 0.609. The smallest absolute Gasteiger partial charge is 0.252 e. The average Bonchev–Trinajstić information content (AvgIpc) is 3.34. The molecule has 1 unspecified atom stereocenters. The van der Waals surface area contributed by atoms with Gasteiger partial charge in [-0.2, -0.15) is 9.78 Å². The summed E-state index contributed by atoms with van der Waals surface area (Å²) in [6.07, 6.45) is 2.10. The standard InChI is InChI=1S/C24H30N6O2/c1-5-32-20-10-8-19(9-11-20)21-7-6-12-29(21)15-23(31)27-22-14-18(4)28-30(22)24-25-16(2)13-17(3)26-24/h8-11,13-14,21H,5-7,12,15H2,1-4H3,(H,27,31). The van der Waals surface area contributed by atoms with Crippen LogP contribution in [0.1, 0.15) is 48.5 Å². The van der Waals surface area contributed by atoms with Crippen LogP contribution in [-0.4, -0.2) is 50.3 Å². The number of hydrogen-bond donors (Lipinski definition) is 1. The van der Waals surface area contributed by atoms with Gasteiger partial charge in [-0.1, -0.05) is 12.1 Å². The van der Waals surface area contributed by atoms with Crippen molar-refractivity contribution in [2.45, 2.75) is 46.6 Å². The van der Waals surface area contributed by atoms with E-state index < -0.39 is 0 Å². The summed E-state index contributed by atoms with van der Waals surface area (Å²) in [5.41, 5.74) is 3.71. The maximum atomic E-state index is 13.0. The summed E-state index contributed by atoms with van der Waals surface area (Å²) in [5.74, 6) is 1.83. The lowest BCUT2D eigenvalue weighted by atomic mass is 10.0. The van der Waals surface area contributed by atoms with Gasteiger partial charge in [-0.3, -0.25) is 9.69 Å². The second kappa shape index (κ2) is 9.48. The largest absolute Gasteiger partial charge is 0.494 e. The monoisotopic (exact) mass is 434 g/mol. The van der Waals surface area contributed by atoms with Crippen molar-refractivity contribution < 1.29 is 9.53 Å². The Kier molecular flexibility index (Phi) is 6.50. The summed E-state index contributed by atoms with van der Waals surface area (Å²) in [6, 6.07) is 12.2. The summed E-state index contributed by atoms with van der Waals surface area (Å²) < 4.78 is 7.15. The highest BCUT2D eigenvalue weighted by Crippen LogP contribution is 2.32. The molecule has 1 fully saturated rings. The number of nitrogens with one attached hydrogen (secondary N) is 1. The van der Waals surface area contributed by atoms with Crippen LogP contribution in [0.15, 0.2) is 36.4 Å². The maximum Gasteiger partial charge on any atom is 0.252 e. The van der Waals surface area contributed by atoms with E-state index in [4.69, 9.17) is 4.74 Å². The number of carbonyl (C=O) groups excluding carboxylic acids is 1. The number of carbonyl (C=O) groups is 1. The Bertz CT molecular complexity index is 1070. The Morgan fingerprint density at radius 1 is 1.09 bits per heavy atom. The lowest BCUT2D eigenvalue weighted by Crippen LogP contribution is -2.33. The van der Waals surface area contributed by atoms with Crippen molar-refractivity contribution in [3.05, 3.63) is 59.0 Å². The molecule has 0 aliphatic carbocycles. The number of amides is 1. The van der Waals surface area contributed by atoms with Crippen molar-refractivity contribution in [2.75, 3.05) is 25.0 Å². The van der Waals surface area contributed by atoms with E-state index in [1.165, 1.54) is 5.56 Å². The number of nitrogens with zero attached hydrogens (tertiary/aromatic N) is 5. The van der Waals surface area contributed by atoms with Gasteiger partial charge in [0.25, 0.3) is 5.95 Å². The van der Waals surface area contributed by atoms with Gasteiger partial charge in [0.15, 0.2) is 0 Å². The van der Waals surface area contributed by atoms with E-state index in [0.717, 1.165) is 42.2 Å². The predicted molar refractivity (Wildman–Crippen MR) is 123 cm³/mol. The van der Waals surface area contributed by atoms with Crippen molar-refractivity contribution in [1.82, 2.24) is 24.6 Å². The molecule has 1 aliphatic heterocycles. The van der Waals surface area contributed by atoms with Gasteiger partial charge in [0, 0.05) is 23.5 Å². The zero-order chi connectivity index (χ0) is 22.7. The molecule has 1 aliphatic rings. The molecule has 1 amide bonds. The molecule has 3 aromatic rings. The van der Waals surface area contributed by atoms with Gasteiger partial charge in [-0.15, -0.1) is 0 Å². The minimum atomic E-state index is -0.0756. The first-order valence-corrected chi connectivity index (χ1v) is 11.1. The number of ether oxygens (including phenoxy) is 1. The van der Waals surface area contributed by atoms with Crippen LogP contribution in [0.3, 0.4) is 0 Å². The fourth-order valence-electron chi connectivity index (χ4n) is 4.26. The van der Waals surface area contributed by atoms with Gasteiger partial charge in [-0.05, 0) is 70.8 Å². The van der Waals surface area contributed by atoms with Crippen molar-refractivity contribution >= 4 is 11.7 Å². The third-order valence-corrected chi connectivity index (χ3v) is 5.55. The molecule has 3 heterocycles. The van der Waals surface area contributed by atoms with Gasteiger partial charge in [-0.25, -0.2) is 9.97 Å². The summed E-state index contributed by atoms with van der Waals surface area (Å²) in [4.78, 5) is 24.1. The molecule has 2 aromatic heterocycles. The maximum absolute atomic E-state index is 13.0. The Balaban J connectivity index is 1.47. The molecule has 0 radical (unpaired) electrons. The number of benzene rings is 1. The van der Waals surface area contributed by atoms with Gasteiger partial charge in [0.1, 0.15) is 11.6 Å². The minimum absolute atomic E-state index is 0.0756. The van der Waals surface area contributed by atoms with E-state index >= 15 is 0 Å². The molecule has 8 heteroatoms. The lowest BCUT2D eigenvalue weighted by Gasteiger charge is -2.24. The third kappa shape index (κ3) is 4.96. The molecule has 0 spiro atoms.